The standard InChI is InChI=1S/C13H13FN2S/c1-8-12(10-6-15-7-10)17-13(16-8)9-3-2-4-11(14)5-9/h2-5,10,15H,6-7H2,1H3. The largest absolute Gasteiger partial charge is 0.315 e. The number of nitrogens with zero attached hydrogens (tertiary/aromatic N) is 1. The van der Waals surface area contributed by atoms with Crippen LogP contribution >= 0.6 is 11.3 Å². The Kier molecular flexibility index (Phi) is 2.68. The van der Waals surface area contributed by atoms with Gasteiger partial charge < -0.3 is 5.32 Å². The molecule has 17 heavy (non-hydrogen) atoms. The molecule has 1 aromatic heterocycles. The fourth-order valence-electron chi connectivity index (χ4n) is 2.01. The Balaban J connectivity index is 1.98. The molecule has 1 aromatic carbocycles. The second-order valence-electron chi connectivity index (χ2n) is 4.33. The molecule has 1 saturated heterocycles. The third kappa shape index (κ3) is 1.98. The number of rotatable bonds is 2. The molecule has 2 nitrogen and oxygen atoms in total. The zero-order chi connectivity index (χ0) is 11.8. The fraction of sp³-hybridized carbons (Fsp3) is 0.308. The zero-order valence-electron chi connectivity index (χ0n) is 9.53. The van der Waals surface area contributed by atoms with Crippen molar-refractivity contribution in [3.8, 4) is 10.6 Å². The number of aromatic nitrogens is 1. The van der Waals surface area contributed by atoms with Crippen LogP contribution < -0.4 is 5.32 Å². The predicted octanol–water partition coefficient (Wildman–Crippen LogP) is 2.94. The van der Waals surface area contributed by atoms with Gasteiger partial charge in [0.15, 0.2) is 0 Å². The van der Waals surface area contributed by atoms with Crippen LogP contribution in [-0.4, -0.2) is 18.1 Å². The zero-order valence-corrected chi connectivity index (χ0v) is 10.4. The maximum atomic E-state index is 13.2. The van der Waals surface area contributed by atoms with Crippen molar-refractivity contribution in [2.45, 2.75) is 12.8 Å². The van der Waals surface area contributed by atoms with E-state index in [1.165, 1.54) is 10.9 Å². The minimum absolute atomic E-state index is 0.206. The van der Waals surface area contributed by atoms with Gasteiger partial charge >= 0.3 is 0 Å². The van der Waals surface area contributed by atoms with Gasteiger partial charge in [-0.15, -0.1) is 11.3 Å². The van der Waals surface area contributed by atoms with Crippen molar-refractivity contribution in [3.63, 3.8) is 0 Å². The molecule has 1 N–H and O–H groups in total. The summed E-state index contributed by atoms with van der Waals surface area (Å²) in [5.74, 6) is 0.386. The minimum Gasteiger partial charge on any atom is -0.315 e. The van der Waals surface area contributed by atoms with E-state index >= 15 is 0 Å². The lowest BCUT2D eigenvalue weighted by molar-refractivity contribution is 0.452. The molecule has 4 heteroatoms. The van der Waals surface area contributed by atoms with Crippen LogP contribution in [0.2, 0.25) is 0 Å². The molecule has 0 saturated carbocycles. The first-order valence-electron chi connectivity index (χ1n) is 5.68. The molecule has 0 spiro atoms. The van der Waals surface area contributed by atoms with E-state index in [9.17, 15) is 4.39 Å². The quantitative estimate of drug-likeness (QED) is 0.884. The van der Waals surface area contributed by atoms with E-state index in [4.69, 9.17) is 0 Å². The topological polar surface area (TPSA) is 24.9 Å². The summed E-state index contributed by atoms with van der Waals surface area (Å²) in [6.45, 7) is 4.10. The van der Waals surface area contributed by atoms with Crippen molar-refractivity contribution < 1.29 is 4.39 Å². The summed E-state index contributed by atoms with van der Waals surface area (Å²) < 4.78 is 13.2. The van der Waals surface area contributed by atoms with Crippen LogP contribution in [0.1, 0.15) is 16.5 Å². The number of nitrogens with one attached hydrogen (secondary N) is 1. The molecule has 2 aromatic rings. The molecule has 1 aliphatic rings. The molecule has 3 rings (SSSR count). The van der Waals surface area contributed by atoms with Crippen LogP contribution in [-0.2, 0) is 0 Å². The normalized spacial score (nSPS) is 15.9. The Labute approximate surface area is 104 Å². The summed E-state index contributed by atoms with van der Waals surface area (Å²) in [5.41, 5.74) is 1.96. The minimum atomic E-state index is -0.206. The highest BCUT2D eigenvalue weighted by atomic mass is 32.1. The molecule has 1 fully saturated rings. The number of hydrogen-bond acceptors (Lipinski definition) is 3. The van der Waals surface area contributed by atoms with Crippen molar-refractivity contribution in [1.29, 1.82) is 0 Å². The number of halogens is 1. The number of aryl methyl sites for hydroxylation is 1. The van der Waals surface area contributed by atoms with E-state index in [1.807, 2.05) is 13.0 Å². The Bertz CT molecular complexity index is 546. The van der Waals surface area contributed by atoms with Crippen LogP contribution in [0.3, 0.4) is 0 Å². The Morgan fingerprint density at radius 3 is 2.88 bits per heavy atom. The first-order valence-corrected chi connectivity index (χ1v) is 6.49. The smallest absolute Gasteiger partial charge is 0.123 e. The highest BCUT2D eigenvalue weighted by Gasteiger charge is 2.24. The lowest BCUT2D eigenvalue weighted by Gasteiger charge is -2.26. The number of thiazole rings is 1. The summed E-state index contributed by atoms with van der Waals surface area (Å²) in [5, 5.41) is 4.18. The SMILES string of the molecule is Cc1nc(-c2cccc(F)c2)sc1C1CNC1. The van der Waals surface area contributed by atoms with Crippen molar-refractivity contribution in [3.05, 3.63) is 40.7 Å². The van der Waals surface area contributed by atoms with Gasteiger partial charge in [-0.25, -0.2) is 9.37 Å². The van der Waals surface area contributed by atoms with Crippen molar-refractivity contribution in [2.75, 3.05) is 13.1 Å². The number of hydrogen-bond donors (Lipinski definition) is 1. The van der Waals surface area contributed by atoms with Gasteiger partial charge in [0.25, 0.3) is 0 Å². The first kappa shape index (κ1) is 10.9. The van der Waals surface area contributed by atoms with Crippen LogP contribution in [0.25, 0.3) is 10.6 Å². The third-order valence-electron chi connectivity index (χ3n) is 3.06. The molecule has 0 bridgehead atoms. The lowest BCUT2D eigenvalue weighted by Crippen LogP contribution is -2.39. The predicted molar refractivity (Wildman–Crippen MR) is 67.9 cm³/mol. The van der Waals surface area contributed by atoms with E-state index in [0.29, 0.717) is 5.92 Å². The van der Waals surface area contributed by atoms with Gasteiger partial charge in [0.1, 0.15) is 10.8 Å². The van der Waals surface area contributed by atoms with Crippen LogP contribution in [0.5, 0.6) is 0 Å². The highest BCUT2D eigenvalue weighted by molar-refractivity contribution is 7.15. The van der Waals surface area contributed by atoms with E-state index in [1.54, 1.807) is 23.5 Å². The maximum absolute atomic E-state index is 13.2. The van der Waals surface area contributed by atoms with Crippen LogP contribution in [0.4, 0.5) is 4.39 Å². The molecule has 0 unspecified atom stereocenters. The summed E-state index contributed by atoms with van der Waals surface area (Å²) in [6, 6.07) is 6.64. The Morgan fingerprint density at radius 2 is 2.24 bits per heavy atom. The highest BCUT2D eigenvalue weighted by Crippen LogP contribution is 2.34. The molecular formula is C13H13FN2S. The van der Waals surface area contributed by atoms with Crippen molar-refractivity contribution in [1.82, 2.24) is 10.3 Å². The molecule has 0 radical (unpaired) electrons. The van der Waals surface area contributed by atoms with Crippen molar-refractivity contribution in [2.24, 2.45) is 0 Å². The van der Waals surface area contributed by atoms with E-state index in [0.717, 1.165) is 29.4 Å². The van der Waals surface area contributed by atoms with Crippen LogP contribution in [0, 0.1) is 12.7 Å². The molecular weight excluding hydrogens is 235 g/mol. The molecule has 0 amide bonds. The third-order valence-corrected chi connectivity index (χ3v) is 4.43. The molecule has 1 aliphatic heterocycles. The number of benzene rings is 1. The van der Waals surface area contributed by atoms with Gasteiger partial charge in [-0.3, -0.25) is 0 Å². The second-order valence-corrected chi connectivity index (χ2v) is 5.36. The second kappa shape index (κ2) is 4.20. The van der Waals surface area contributed by atoms with Gasteiger partial charge in [0, 0.05) is 29.4 Å². The summed E-state index contributed by atoms with van der Waals surface area (Å²) in [6.07, 6.45) is 0. The molecule has 2 heterocycles. The van der Waals surface area contributed by atoms with E-state index in [-0.39, 0.29) is 5.82 Å². The molecule has 88 valence electrons. The molecule has 0 aliphatic carbocycles. The van der Waals surface area contributed by atoms with E-state index < -0.39 is 0 Å². The first-order chi connectivity index (χ1) is 8.24. The summed E-state index contributed by atoms with van der Waals surface area (Å²) in [7, 11) is 0. The van der Waals surface area contributed by atoms with Crippen molar-refractivity contribution >= 4 is 11.3 Å². The van der Waals surface area contributed by atoms with Gasteiger partial charge in [-0.1, -0.05) is 12.1 Å². The Hall–Kier alpha value is -1.26. The summed E-state index contributed by atoms with van der Waals surface area (Å²) >= 11 is 1.69. The molecule has 0 atom stereocenters. The summed E-state index contributed by atoms with van der Waals surface area (Å²) in [4.78, 5) is 5.89. The van der Waals surface area contributed by atoms with E-state index in [2.05, 4.69) is 10.3 Å². The van der Waals surface area contributed by atoms with Gasteiger partial charge in [0.2, 0.25) is 0 Å². The monoisotopic (exact) mass is 248 g/mol. The van der Waals surface area contributed by atoms with Gasteiger partial charge in [0.05, 0.1) is 5.69 Å². The lowest BCUT2D eigenvalue weighted by atomic mass is 10.0. The maximum Gasteiger partial charge on any atom is 0.123 e. The average molecular weight is 248 g/mol. The Morgan fingerprint density at radius 1 is 1.41 bits per heavy atom. The van der Waals surface area contributed by atoms with Gasteiger partial charge in [-0.2, -0.15) is 0 Å². The fourth-order valence-corrected chi connectivity index (χ4v) is 3.17. The average Bonchev–Trinajstić information content (AvgIpc) is 2.59. The van der Waals surface area contributed by atoms with Crippen LogP contribution in [0.15, 0.2) is 24.3 Å². The van der Waals surface area contributed by atoms with Gasteiger partial charge in [-0.05, 0) is 19.1 Å².